The highest BCUT2D eigenvalue weighted by atomic mass is 19.3. The van der Waals surface area contributed by atoms with Crippen LogP contribution in [0.2, 0.25) is 0 Å². The summed E-state index contributed by atoms with van der Waals surface area (Å²) in [5, 5.41) is 11.9. The Kier molecular flexibility index (Phi) is 2.88. The zero-order valence-corrected chi connectivity index (χ0v) is 10.8. The Morgan fingerprint density at radius 3 is 2.60 bits per heavy atom. The van der Waals surface area contributed by atoms with Crippen LogP contribution in [0.5, 0.6) is 0 Å². The van der Waals surface area contributed by atoms with Gasteiger partial charge >= 0.3 is 5.97 Å². The molecular formula is C13H15F2N3O2. The van der Waals surface area contributed by atoms with E-state index in [9.17, 15) is 13.6 Å². The second kappa shape index (κ2) is 4.36. The van der Waals surface area contributed by atoms with Crippen molar-refractivity contribution in [3.05, 3.63) is 18.0 Å². The molecule has 7 heteroatoms. The van der Waals surface area contributed by atoms with Crippen LogP contribution < -0.4 is 5.32 Å². The van der Waals surface area contributed by atoms with Gasteiger partial charge in [-0.2, -0.15) is 0 Å². The van der Waals surface area contributed by atoms with Gasteiger partial charge in [0.05, 0.1) is 0 Å². The molecule has 108 valence electrons. The second-order valence-corrected chi connectivity index (χ2v) is 5.65. The van der Waals surface area contributed by atoms with Crippen LogP contribution in [0.15, 0.2) is 12.3 Å². The zero-order chi connectivity index (χ0) is 14.4. The summed E-state index contributed by atoms with van der Waals surface area (Å²) in [5.41, 5.74) is -0.849. The van der Waals surface area contributed by atoms with Gasteiger partial charge in [-0.15, -0.1) is 0 Å². The first-order valence-electron chi connectivity index (χ1n) is 6.63. The molecule has 0 radical (unpaired) electrons. The number of nitrogens with zero attached hydrogens (tertiary/aromatic N) is 2. The van der Waals surface area contributed by atoms with Gasteiger partial charge in [0.15, 0.2) is 5.69 Å². The van der Waals surface area contributed by atoms with Crippen molar-refractivity contribution in [1.29, 1.82) is 0 Å². The highest BCUT2D eigenvalue weighted by Gasteiger charge is 2.70. The topological polar surface area (TPSA) is 75.1 Å². The van der Waals surface area contributed by atoms with Crippen molar-refractivity contribution in [1.82, 2.24) is 9.97 Å². The van der Waals surface area contributed by atoms with Crippen LogP contribution in [0, 0.1) is 5.41 Å². The Morgan fingerprint density at radius 1 is 1.40 bits per heavy atom. The highest BCUT2D eigenvalue weighted by Crippen LogP contribution is 2.67. The number of halogens is 2. The number of rotatable bonds is 3. The highest BCUT2D eigenvalue weighted by molar-refractivity contribution is 5.85. The van der Waals surface area contributed by atoms with E-state index in [2.05, 4.69) is 15.3 Å². The predicted molar refractivity (Wildman–Crippen MR) is 66.9 cm³/mol. The summed E-state index contributed by atoms with van der Waals surface area (Å²) < 4.78 is 26.5. The quantitative estimate of drug-likeness (QED) is 0.891. The number of hydrogen-bond donors (Lipinski definition) is 2. The molecule has 1 aromatic rings. The molecular weight excluding hydrogens is 268 g/mol. The maximum absolute atomic E-state index is 13.3. The zero-order valence-electron chi connectivity index (χ0n) is 10.8. The number of carbonyl (C=O) groups is 1. The fourth-order valence-corrected chi connectivity index (χ4v) is 2.97. The smallest absolute Gasteiger partial charge is 0.354 e. The second-order valence-electron chi connectivity index (χ2n) is 5.65. The fraction of sp³-hybridized carbons (Fsp3) is 0.615. The van der Waals surface area contributed by atoms with E-state index >= 15 is 0 Å². The van der Waals surface area contributed by atoms with Crippen LogP contribution in [0.25, 0.3) is 0 Å². The number of carboxylic acid groups (broad SMARTS) is 1. The van der Waals surface area contributed by atoms with Crippen molar-refractivity contribution in [2.75, 3.05) is 5.32 Å². The van der Waals surface area contributed by atoms with Gasteiger partial charge in [-0.3, -0.25) is 0 Å². The summed E-state index contributed by atoms with van der Waals surface area (Å²) in [5.74, 6) is -3.36. The van der Waals surface area contributed by atoms with Crippen molar-refractivity contribution in [3.63, 3.8) is 0 Å². The standard InChI is InChI=1S/C13H15F2N3O2/c14-13(15)7-12(13)4-1-8(2-5-12)17-11-16-6-3-9(18-11)10(19)20/h3,6,8H,1-2,4-5,7H2,(H,19,20)(H,16,17,18). The van der Waals surface area contributed by atoms with Gasteiger partial charge < -0.3 is 10.4 Å². The van der Waals surface area contributed by atoms with E-state index in [0.29, 0.717) is 25.7 Å². The van der Waals surface area contributed by atoms with Gasteiger partial charge in [-0.1, -0.05) is 0 Å². The lowest BCUT2D eigenvalue weighted by Gasteiger charge is -2.29. The number of carboxylic acids is 1. The molecule has 5 nitrogen and oxygen atoms in total. The van der Waals surface area contributed by atoms with Crippen LogP contribution >= 0.6 is 0 Å². The van der Waals surface area contributed by atoms with Crippen LogP contribution in [-0.2, 0) is 0 Å². The third-order valence-electron chi connectivity index (χ3n) is 4.36. The Hall–Kier alpha value is -1.79. The van der Waals surface area contributed by atoms with Gasteiger partial charge in [-0.25, -0.2) is 23.5 Å². The van der Waals surface area contributed by atoms with E-state index in [1.807, 2.05) is 0 Å². The summed E-state index contributed by atoms with van der Waals surface area (Å²) in [6, 6.07) is 1.34. The van der Waals surface area contributed by atoms with Gasteiger partial charge in [-0.05, 0) is 31.7 Å². The SMILES string of the molecule is O=C(O)c1ccnc(NC2CCC3(CC2)CC3(F)F)n1. The fourth-order valence-electron chi connectivity index (χ4n) is 2.97. The molecule has 0 amide bonds. The van der Waals surface area contributed by atoms with Crippen molar-refractivity contribution in [3.8, 4) is 0 Å². The Labute approximate surface area is 114 Å². The molecule has 2 N–H and O–H groups in total. The van der Waals surface area contributed by atoms with Crippen molar-refractivity contribution >= 4 is 11.9 Å². The molecule has 0 saturated heterocycles. The monoisotopic (exact) mass is 283 g/mol. The van der Waals surface area contributed by atoms with Crippen molar-refractivity contribution < 1.29 is 18.7 Å². The van der Waals surface area contributed by atoms with Gasteiger partial charge in [0, 0.05) is 24.1 Å². The summed E-state index contributed by atoms with van der Waals surface area (Å²) in [6.45, 7) is 0. The molecule has 1 heterocycles. The number of aromatic nitrogens is 2. The van der Waals surface area contributed by atoms with E-state index in [1.54, 1.807) is 0 Å². The molecule has 1 spiro atoms. The van der Waals surface area contributed by atoms with Crippen molar-refractivity contribution in [2.45, 2.75) is 44.1 Å². The van der Waals surface area contributed by atoms with Gasteiger partial charge in [0.2, 0.25) is 5.95 Å². The number of alkyl halides is 2. The van der Waals surface area contributed by atoms with Crippen LogP contribution in [-0.4, -0.2) is 33.0 Å². The number of nitrogens with one attached hydrogen (secondary N) is 1. The first-order valence-corrected chi connectivity index (χ1v) is 6.63. The average molecular weight is 283 g/mol. The summed E-state index contributed by atoms with van der Waals surface area (Å²) in [4.78, 5) is 18.6. The minimum atomic E-state index is -2.49. The minimum absolute atomic E-state index is 0.0116. The van der Waals surface area contributed by atoms with E-state index in [4.69, 9.17) is 5.11 Å². The molecule has 0 aliphatic heterocycles. The molecule has 2 fully saturated rings. The van der Waals surface area contributed by atoms with E-state index in [-0.39, 0.29) is 24.1 Å². The third-order valence-corrected chi connectivity index (χ3v) is 4.36. The number of hydrogen-bond acceptors (Lipinski definition) is 4. The maximum atomic E-state index is 13.3. The molecule has 3 rings (SSSR count). The molecule has 20 heavy (non-hydrogen) atoms. The number of anilines is 1. The molecule has 1 aromatic heterocycles. The lowest BCUT2D eigenvalue weighted by Crippen LogP contribution is -2.30. The largest absolute Gasteiger partial charge is 0.477 e. The maximum Gasteiger partial charge on any atom is 0.354 e. The lowest BCUT2D eigenvalue weighted by molar-refractivity contribution is 0.0467. The summed E-state index contributed by atoms with van der Waals surface area (Å²) >= 11 is 0. The van der Waals surface area contributed by atoms with E-state index in [0.717, 1.165) is 0 Å². The Morgan fingerprint density at radius 2 is 2.05 bits per heavy atom. The summed E-state index contributed by atoms with van der Waals surface area (Å²) in [6.07, 6.45) is 3.65. The molecule has 0 aromatic carbocycles. The van der Waals surface area contributed by atoms with Gasteiger partial charge in [0.1, 0.15) is 0 Å². The molecule has 0 atom stereocenters. The predicted octanol–water partition coefficient (Wildman–Crippen LogP) is 2.55. The summed E-state index contributed by atoms with van der Waals surface area (Å²) in [7, 11) is 0. The molecule has 0 unspecified atom stereocenters. The van der Waals surface area contributed by atoms with Crippen LogP contribution in [0.3, 0.4) is 0 Å². The average Bonchev–Trinajstić information content (AvgIpc) is 2.94. The van der Waals surface area contributed by atoms with E-state index < -0.39 is 17.3 Å². The molecule has 0 bridgehead atoms. The normalized spacial score (nSPS) is 31.0. The first kappa shape index (κ1) is 13.2. The molecule has 2 aliphatic rings. The molecule has 2 aliphatic carbocycles. The number of aromatic carboxylic acids is 1. The molecule has 2 saturated carbocycles. The minimum Gasteiger partial charge on any atom is -0.477 e. The van der Waals surface area contributed by atoms with Gasteiger partial charge in [0.25, 0.3) is 5.92 Å². The Bertz CT molecular complexity index is 542. The van der Waals surface area contributed by atoms with Crippen LogP contribution in [0.1, 0.15) is 42.6 Å². The van der Waals surface area contributed by atoms with Crippen LogP contribution in [0.4, 0.5) is 14.7 Å². The first-order chi connectivity index (χ1) is 9.42. The lowest BCUT2D eigenvalue weighted by atomic mass is 9.83. The van der Waals surface area contributed by atoms with E-state index in [1.165, 1.54) is 12.3 Å². The van der Waals surface area contributed by atoms with Crippen molar-refractivity contribution in [2.24, 2.45) is 5.41 Å². The third kappa shape index (κ3) is 2.21. The Balaban J connectivity index is 1.60.